The minimum atomic E-state index is -0.660. The largest absolute Gasteiger partial charge is 0.452 e. The van der Waals surface area contributed by atoms with Crippen molar-refractivity contribution < 1.29 is 19.1 Å². The summed E-state index contributed by atoms with van der Waals surface area (Å²) in [5.41, 5.74) is 1.46. The number of carbonyl (C=O) groups excluding carboxylic acids is 3. The van der Waals surface area contributed by atoms with Crippen LogP contribution in [-0.2, 0) is 20.7 Å². The summed E-state index contributed by atoms with van der Waals surface area (Å²) in [6.45, 7) is 2.21. The van der Waals surface area contributed by atoms with Crippen LogP contribution >= 0.6 is 0 Å². The maximum absolute atomic E-state index is 12.7. The number of anilines is 1. The van der Waals surface area contributed by atoms with Crippen LogP contribution in [0.5, 0.6) is 0 Å². The quantitative estimate of drug-likeness (QED) is 0.405. The molecule has 0 unspecified atom stereocenters. The van der Waals surface area contributed by atoms with E-state index in [0.717, 1.165) is 29.2 Å². The average molecular weight is 418 g/mol. The molecule has 3 aromatic carbocycles. The van der Waals surface area contributed by atoms with Crippen molar-refractivity contribution >= 4 is 34.2 Å². The molecule has 0 aromatic heterocycles. The number of hydrogen-bond acceptors (Lipinski definition) is 4. The molecule has 0 aliphatic carbocycles. The van der Waals surface area contributed by atoms with Gasteiger partial charge in [-0.05, 0) is 34.9 Å². The SMILES string of the molecule is CCCCNC(=O)COC(=O)c1ccccc1NC(=O)Cc1cccc2ccccc12. The van der Waals surface area contributed by atoms with Gasteiger partial charge in [0.05, 0.1) is 17.7 Å². The second-order valence-electron chi connectivity index (χ2n) is 7.19. The number of ether oxygens (including phenoxy) is 1. The van der Waals surface area contributed by atoms with Gasteiger partial charge in [0.1, 0.15) is 0 Å². The van der Waals surface area contributed by atoms with Crippen LogP contribution in [0.15, 0.2) is 66.7 Å². The molecule has 0 spiro atoms. The molecule has 2 amide bonds. The summed E-state index contributed by atoms with van der Waals surface area (Å²) < 4.78 is 5.12. The molecule has 31 heavy (non-hydrogen) atoms. The molecule has 0 aliphatic rings. The zero-order valence-corrected chi connectivity index (χ0v) is 17.5. The molecule has 0 saturated carbocycles. The Hall–Kier alpha value is -3.67. The Kier molecular flexibility index (Phi) is 7.76. The summed E-state index contributed by atoms with van der Waals surface area (Å²) in [6.07, 6.45) is 2.00. The van der Waals surface area contributed by atoms with E-state index in [1.807, 2.05) is 49.4 Å². The van der Waals surface area contributed by atoms with Crippen LogP contribution in [0.4, 0.5) is 5.69 Å². The lowest BCUT2D eigenvalue weighted by atomic mass is 10.0. The summed E-state index contributed by atoms with van der Waals surface area (Å²) >= 11 is 0. The van der Waals surface area contributed by atoms with Crippen LogP contribution in [0.25, 0.3) is 10.8 Å². The van der Waals surface area contributed by atoms with Gasteiger partial charge in [-0.1, -0.05) is 67.9 Å². The van der Waals surface area contributed by atoms with Crippen molar-refractivity contribution in [3.63, 3.8) is 0 Å². The molecule has 0 fully saturated rings. The van der Waals surface area contributed by atoms with Gasteiger partial charge in [-0.2, -0.15) is 0 Å². The maximum atomic E-state index is 12.7. The molecule has 6 nitrogen and oxygen atoms in total. The molecular weight excluding hydrogens is 392 g/mol. The summed E-state index contributed by atoms with van der Waals surface area (Å²) in [5.74, 6) is -1.25. The number of nitrogens with one attached hydrogen (secondary N) is 2. The molecule has 3 aromatic rings. The topological polar surface area (TPSA) is 84.5 Å². The molecule has 160 valence electrons. The van der Waals surface area contributed by atoms with E-state index in [-0.39, 0.29) is 30.4 Å². The van der Waals surface area contributed by atoms with E-state index in [0.29, 0.717) is 12.2 Å². The van der Waals surface area contributed by atoms with Crippen LogP contribution in [0, 0.1) is 0 Å². The monoisotopic (exact) mass is 418 g/mol. The Balaban J connectivity index is 1.64. The number of para-hydroxylation sites is 1. The lowest BCUT2D eigenvalue weighted by Gasteiger charge is -2.12. The molecule has 0 radical (unpaired) electrons. The van der Waals surface area contributed by atoms with Crippen molar-refractivity contribution in [2.75, 3.05) is 18.5 Å². The third kappa shape index (κ3) is 6.15. The van der Waals surface area contributed by atoms with Crippen LogP contribution in [0.2, 0.25) is 0 Å². The first kappa shape index (κ1) is 22.0. The lowest BCUT2D eigenvalue weighted by Crippen LogP contribution is -2.29. The number of rotatable bonds is 9. The number of amides is 2. The summed E-state index contributed by atoms with van der Waals surface area (Å²) in [6, 6.07) is 20.3. The van der Waals surface area contributed by atoms with E-state index >= 15 is 0 Å². The van der Waals surface area contributed by atoms with Crippen molar-refractivity contribution in [1.29, 1.82) is 0 Å². The highest BCUT2D eigenvalue weighted by Gasteiger charge is 2.16. The molecule has 0 bridgehead atoms. The van der Waals surface area contributed by atoms with Gasteiger partial charge in [0.15, 0.2) is 6.61 Å². The molecule has 6 heteroatoms. The van der Waals surface area contributed by atoms with Crippen molar-refractivity contribution in [2.24, 2.45) is 0 Å². The first-order valence-corrected chi connectivity index (χ1v) is 10.4. The number of fused-ring (bicyclic) bond motifs is 1. The number of unbranched alkanes of at least 4 members (excludes halogenated alkanes) is 1. The second kappa shape index (κ2) is 10.9. The van der Waals surface area contributed by atoms with Crippen LogP contribution in [-0.4, -0.2) is 30.9 Å². The van der Waals surface area contributed by atoms with Gasteiger partial charge in [0.2, 0.25) is 5.91 Å². The fraction of sp³-hybridized carbons (Fsp3) is 0.240. The molecule has 2 N–H and O–H groups in total. The van der Waals surface area contributed by atoms with Gasteiger partial charge in [0.25, 0.3) is 5.91 Å². The second-order valence-corrected chi connectivity index (χ2v) is 7.19. The van der Waals surface area contributed by atoms with E-state index in [1.54, 1.807) is 24.3 Å². The Morgan fingerprint density at radius 2 is 1.61 bits per heavy atom. The summed E-state index contributed by atoms with van der Waals surface area (Å²) in [5, 5.41) is 7.57. The van der Waals surface area contributed by atoms with Crippen molar-refractivity contribution in [3.8, 4) is 0 Å². The fourth-order valence-electron chi connectivity index (χ4n) is 3.25. The number of esters is 1. The highest BCUT2D eigenvalue weighted by molar-refractivity contribution is 6.03. The Morgan fingerprint density at radius 3 is 2.45 bits per heavy atom. The van der Waals surface area contributed by atoms with Crippen LogP contribution in [0.1, 0.15) is 35.7 Å². The zero-order valence-electron chi connectivity index (χ0n) is 17.5. The molecule has 0 aliphatic heterocycles. The minimum Gasteiger partial charge on any atom is -0.452 e. The zero-order chi connectivity index (χ0) is 22.1. The van der Waals surface area contributed by atoms with Gasteiger partial charge in [-0.3, -0.25) is 9.59 Å². The van der Waals surface area contributed by atoms with Crippen LogP contribution in [0.3, 0.4) is 0 Å². The van der Waals surface area contributed by atoms with E-state index in [1.165, 1.54) is 0 Å². The number of benzene rings is 3. The number of carbonyl (C=O) groups is 3. The Bertz CT molecular complexity index is 1070. The molecule has 3 rings (SSSR count). The third-order valence-corrected chi connectivity index (χ3v) is 4.84. The fourth-order valence-corrected chi connectivity index (χ4v) is 3.25. The highest BCUT2D eigenvalue weighted by atomic mass is 16.5. The Morgan fingerprint density at radius 1 is 0.871 bits per heavy atom. The van der Waals surface area contributed by atoms with Gasteiger partial charge < -0.3 is 15.4 Å². The summed E-state index contributed by atoms with van der Waals surface area (Å²) in [4.78, 5) is 36.9. The van der Waals surface area contributed by atoms with Crippen LogP contribution < -0.4 is 10.6 Å². The molecule has 0 heterocycles. The van der Waals surface area contributed by atoms with Crippen molar-refractivity contribution in [2.45, 2.75) is 26.2 Å². The normalized spacial score (nSPS) is 10.5. The third-order valence-electron chi connectivity index (χ3n) is 4.84. The van der Waals surface area contributed by atoms with Crippen molar-refractivity contribution in [1.82, 2.24) is 5.32 Å². The Labute approximate surface area is 181 Å². The van der Waals surface area contributed by atoms with E-state index in [4.69, 9.17) is 4.74 Å². The van der Waals surface area contributed by atoms with Gasteiger partial charge in [-0.25, -0.2) is 4.79 Å². The van der Waals surface area contributed by atoms with Gasteiger partial charge in [-0.15, -0.1) is 0 Å². The van der Waals surface area contributed by atoms with E-state index in [2.05, 4.69) is 10.6 Å². The smallest absolute Gasteiger partial charge is 0.340 e. The van der Waals surface area contributed by atoms with E-state index in [9.17, 15) is 14.4 Å². The molecular formula is C25H26N2O4. The predicted molar refractivity (Wildman–Crippen MR) is 121 cm³/mol. The molecule has 0 saturated heterocycles. The predicted octanol–water partition coefficient (Wildman–Crippen LogP) is 4.09. The minimum absolute atomic E-state index is 0.171. The lowest BCUT2D eigenvalue weighted by molar-refractivity contribution is -0.124. The van der Waals surface area contributed by atoms with Gasteiger partial charge in [0, 0.05) is 6.54 Å². The standard InChI is InChI=1S/C25H26N2O4/c1-2-3-15-26-24(29)17-31-25(30)21-13-6-7-14-22(21)27-23(28)16-19-11-8-10-18-9-4-5-12-20(18)19/h4-14H,2-3,15-17H2,1H3,(H,26,29)(H,27,28). The average Bonchev–Trinajstić information content (AvgIpc) is 2.78. The number of hydrogen-bond donors (Lipinski definition) is 2. The first-order chi connectivity index (χ1) is 15.1. The highest BCUT2D eigenvalue weighted by Crippen LogP contribution is 2.21. The first-order valence-electron chi connectivity index (χ1n) is 10.4. The molecule has 0 atom stereocenters. The van der Waals surface area contributed by atoms with E-state index < -0.39 is 5.97 Å². The van der Waals surface area contributed by atoms with Crippen molar-refractivity contribution in [3.05, 3.63) is 77.9 Å². The van der Waals surface area contributed by atoms with Gasteiger partial charge >= 0.3 is 5.97 Å². The summed E-state index contributed by atoms with van der Waals surface area (Å²) in [7, 11) is 0. The maximum Gasteiger partial charge on any atom is 0.340 e.